The van der Waals surface area contributed by atoms with Crippen LogP contribution in [0.1, 0.15) is 26.5 Å². The Morgan fingerprint density at radius 2 is 1.91 bits per heavy atom. The molecule has 1 atom stereocenters. The van der Waals surface area contributed by atoms with Gasteiger partial charge in [0.25, 0.3) is 0 Å². The smallest absolute Gasteiger partial charge is 0.412 e. The number of aryl methyl sites for hydroxylation is 1. The minimum absolute atomic E-state index is 0.170. The second kappa shape index (κ2) is 6.96. The Kier molecular flexibility index (Phi) is 5.24. The number of rotatable bonds is 4. The highest BCUT2D eigenvalue weighted by atomic mass is 79.9. The third kappa shape index (κ3) is 3.88. The number of carbonyl (C=O) groups is 1. The molecule has 118 valence electrons. The van der Waals surface area contributed by atoms with E-state index >= 15 is 0 Å². The van der Waals surface area contributed by atoms with Crippen molar-refractivity contribution in [2.24, 2.45) is 5.92 Å². The molecule has 0 aliphatic carbocycles. The third-order valence-corrected chi connectivity index (χ3v) is 3.96. The van der Waals surface area contributed by atoms with Crippen molar-refractivity contribution in [1.29, 1.82) is 0 Å². The van der Waals surface area contributed by atoms with Gasteiger partial charge in [0.1, 0.15) is 17.5 Å². The van der Waals surface area contributed by atoms with Crippen molar-refractivity contribution in [2.75, 3.05) is 5.32 Å². The number of ether oxygens (including phenoxy) is 1. The first-order valence-corrected chi connectivity index (χ1v) is 7.87. The lowest BCUT2D eigenvalue weighted by Gasteiger charge is -2.16. The Hall–Kier alpha value is -1.82. The van der Waals surface area contributed by atoms with Gasteiger partial charge in [-0.2, -0.15) is 0 Å². The Morgan fingerprint density at radius 3 is 2.50 bits per heavy atom. The predicted octanol–water partition coefficient (Wildman–Crippen LogP) is 5.01. The van der Waals surface area contributed by atoms with Crippen LogP contribution in [-0.4, -0.2) is 17.4 Å². The summed E-state index contributed by atoms with van der Waals surface area (Å²) in [7, 11) is 0. The van der Waals surface area contributed by atoms with E-state index in [1.807, 2.05) is 45.0 Å². The number of benzene rings is 1. The maximum absolute atomic E-state index is 12.0. The van der Waals surface area contributed by atoms with Gasteiger partial charge in [0.05, 0.1) is 0 Å². The zero-order chi connectivity index (χ0) is 16.3. The number of nitrogens with zero attached hydrogens (tertiary/aromatic N) is 1. The average molecular weight is 367 g/mol. The number of hydrogen-bond acceptors (Lipinski definition) is 4. The normalized spacial score (nSPS) is 12.3. The maximum atomic E-state index is 12.0. The van der Waals surface area contributed by atoms with E-state index in [-0.39, 0.29) is 12.0 Å². The Balaban J connectivity index is 2.19. The SMILES string of the molecule is Cc1noc(-c2ccc(Br)cc2)c1NC(=O)O[C@H](C)C(C)C. The van der Waals surface area contributed by atoms with Crippen LogP contribution in [0.2, 0.25) is 0 Å². The summed E-state index contributed by atoms with van der Waals surface area (Å²) in [5, 5.41) is 6.65. The molecule has 1 aromatic carbocycles. The van der Waals surface area contributed by atoms with Gasteiger partial charge in [0, 0.05) is 10.0 Å². The van der Waals surface area contributed by atoms with Crippen LogP contribution in [0.5, 0.6) is 0 Å². The monoisotopic (exact) mass is 366 g/mol. The number of halogens is 1. The van der Waals surface area contributed by atoms with Crippen LogP contribution < -0.4 is 5.32 Å². The predicted molar refractivity (Wildman–Crippen MR) is 88.8 cm³/mol. The molecule has 0 fully saturated rings. The number of amides is 1. The zero-order valence-corrected chi connectivity index (χ0v) is 14.6. The van der Waals surface area contributed by atoms with Crippen molar-refractivity contribution in [1.82, 2.24) is 5.16 Å². The van der Waals surface area contributed by atoms with E-state index in [1.54, 1.807) is 6.92 Å². The molecule has 0 spiro atoms. The highest BCUT2D eigenvalue weighted by Crippen LogP contribution is 2.31. The molecule has 0 unspecified atom stereocenters. The quantitative estimate of drug-likeness (QED) is 0.826. The fourth-order valence-electron chi connectivity index (χ4n) is 1.75. The first kappa shape index (κ1) is 16.5. The number of hydrogen-bond donors (Lipinski definition) is 1. The molecule has 1 amide bonds. The van der Waals surface area contributed by atoms with Gasteiger partial charge in [-0.15, -0.1) is 0 Å². The summed E-state index contributed by atoms with van der Waals surface area (Å²) in [5.41, 5.74) is 1.96. The zero-order valence-electron chi connectivity index (χ0n) is 13.0. The molecule has 0 bridgehead atoms. The van der Waals surface area contributed by atoms with E-state index in [0.717, 1.165) is 10.0 Å². The Morgan fingerprint density at radius 1 is 1.27 bits per heavy atom. The van der Waals surface area contributed by atoms with Crippen LogP contribution in [0.15, 0.2) is 33.3 Å². The summed E-state index contributed by atoms with van der Waals surface area (Å²) in [6.45, 7) is 7.62. The lowest BCUT2D eigenvalue weighted by molar-refractivity contribution is 0.0940. The molecule has 6 heteroatoms. The van der Waals surface area contributed by atoms with Gasteiger partial charge < -0.3 is 9.26 Å². The van der Waals surface area contributed by atoms with Gasteiger partial charge in [-0.25, -0.2) is 4.79 Å². The highest BCUT2D eigenvalue weighted by molar-refractivity contribution is 9.10. The summed E-state index contributed by atoms with van der Waals surface area (Å²) in [4.78, 5) is 12.0. The maximum Gasteiger partial charge on any atom is 0.412 e. The third-order valence-electron chi connectivity index (χ3n) is 3.43. The minimum atomic E-state index is -0.508. The second-order valence-corrected chi connectivity index (χ2v) is 6.37. The topological polar surface area (TPSA) is 64.4 Å². The summed E-state index contributed by atoms with van der Waals surface area (Å²) < 4.78 is 11.6. The largest absolute Gasteiger partial charge is 0.446 e. The van der Waals surface area contributed by atoms with Gasteiger partial charge in [0.2, 0.25) is 0 Å². The second-order valence-electron chi connectivity index (χ2n) is 5.46. The summed E-state index contributed by atoms with van der Waals surface area (Å²) in [6.07, 6.45) is -0.679. The lowest BCUT2D eigenvalue weighted by Crippen LogP contribution is -2.24. The molecule has 1 heterocycles. The van der Waals surface area contributed by atoms with Crippen LogP contribution in [-0.2, 0) is 4.74 Å². The Labute approximate surface area is 138 Å². The van der Waals surface area contributed by atoms with Crippen LogP contribution in [0, 0.1) is 12.8 Å². The first-order valence-electron chi connectivity index (χ1n) is 7.08. The van der Waals surface area contributed by atoms with Crippen LogP contribution in [0.25, 0.3) is 11.3 Å². The van der Waals surface area contributed by atoms with Crippen molar-refractivity contribution in [3.8, 4) is 11.3 Å². The van der Waals surface area contributed by atoms with E-state index in [2.05, 4.69) is 26.4 Å². The molecule has 0 aliphatic heterocycles. The van der Waals surface area contributed by atoms with Crippen molar-refractivity contribution in [3.63, 3.8) is 0 Å². The number of nitrogens with one attached hydrogen (secondary N) is 1. The molecule has 1 N–H and O–H groups in total. The molecule has 2 aromatic rings. The molecule has 0 saturated heterocycles. The molecule has 1 aromatic heterocycles. The van der Waals surface area contributed by atoms with Crippen LogP contribution in [0.3, 0.4) is 0 Å². The summed E-state index contributed by atoms with van der Waals surface area (Å²) in [5.74, 6) is 0.763. The van der Waals surface area contributed by atoms with Crippen molar-refractivity contribution < 1.29 is 14.1 Å². The molecule has 0 saturated carbocycles. The fourth-order valence-corrected chi connectivity index (χ4v) is 2.02. The number of aromatic nitrogens is 1. The molecule has 0 aliphatic rings. The summed E-state index contributed by atoms with van der Waals surface area (Å²) in [6, 6.07) is 7.57. The van der Waals surface area contributed by atoms with Crippen LogP contribution in [0.4, 0.5) is 10.5 Å². The lowest BCUT2D eigenvalue weighted by atomic mass is 10.1. The molecular formula is C16H19BrN2O3. The van der Waals surface area contributed by atoms with Crippen molar-refractivity contribution in [2.45, 2.75) is 33.8 Å². The minimum Gasteiger partial charge on any atom is -0.446 e. The van der Waals surface area contributed by atoms with Gasteiger partial charge in [0.15, 0.2) is 5.76 Å². The van der Waals surface area contributed by atoms with Crippen molar-refractivity contribution in [3.05, 3.63) is 34.4 Å². The van der Waals surface area contributed by atoms with Gasteiger partial charge in [-0.05, 0) is 44.0 Å². The van der Waals surface area contributed by atoms with E-state index in [9.17, 15) is 4.79 Å². The average Bonchev–Trinajstić information content (AvgIpc) is 2.81. The van der Waals surface area contributed by atoms with Crippen molar-refractivity contribution >= 4 is 27.7 Å². The molecule has 2 rings (SSSR count). The van der Waals surface area contributed by atoms with E-state index < -0.39 is 6.09 Å². The summed E-state index contributed by atoms with van der Waals surface area (Å²) >= 11 is 3.39. The molecule has 5 nitrogen and oxygen atoms in total. The van der Waals surface area contributed by atoms with E-state index in [4.69, 9.17) is 9.26 Å². The fraction of sp³-hybridized carbons (Fsp3) is 0.375. The molecule has 0 radical (unpaired) electrons. The molecule has 22 heavy (non-hydrogen) atoms. The first-order chi connectivity index (χ1) is 10.4. The molecular weight excluding hydrogens is 348 g/mol. The van der Waals surface area contributed by atoms with Gasteiger partial charge in [-0.3, -0.25) is 5.32 Å². The van der Waals surface area contributed by atoms with E-state index in [1.165, 1.54) is 0 Å². The van der Waals surface area contributed by atoms with Crippen LogP contribution >= 0.6 is 15.9 Å². The highest BCUT2D eigenvalue weighted by Gasteiger charge is 2.20. The number of anilines is 1. The van der Waals surface area contributed by atoms with Gasteiger partial charge in [-0.1, -0.05) is 34.9 Å². The van der Waals surface area contributed by atoms with Gasteiger partial charge >= 0.3 is 6.09 Å². The standard InChI is InChI=1S/C16H19BrN2O3/c1-9(2)11(4)21-16(20)18-14-10(3)19-22-15(14)12-5-7-13(17)8-6-12/h5-9,11H,1-4H3,(H,18,20)/t11-/m1/s1. The number of carbonyl (C=O) groups excluding carboxylic acids is 1. The Bertz CT molecular complexity index is 650. The van der Waals surface area contributed by atoms with E-state index in [0.29, 0.717) is 17.1 Å².